The second-order valence-electron chi connectivity index (χ2n) is 10.0. The zero-order valence-corrected chi connectivity index (χ0v) is 22.1. The molecule has 0 aliphatic carbocycles. The van der Waals surface area contributed by atoms with Crippen molar-refractivity contribution in [2.24, 2.45) is 0 Å². The number of aliphatic hydroxyl groups is 1. The van der Waals surface area contributed by atoms with Gasteiger partial charge in [0, 0.05) is 55.0 Å². The molecule has 38 heavy (non-hydrogen) atoms. The monoisotopic (exact) mass is 509 g/mol. The van der Waals surface area contributed by atoms with Crippen molar-refractivity contribution in [2.75, 3.05) is 45.3 Å². The molecular formula is C32H35N3O3. The fourth-order valence-electron chi connectivity index (χ4n) is 5.70. The van der Waals surface area contributed by atoms with Crippen LogP contribution < -0.4 is 9.64 Å². The number of urea groups is 1. The third-order valence-corrected chi connectivity index (χ3v) is 7.81. The van der Waals surface area contributed by atoms with Crippen LogP contribution in [0.2, 0.25) is 0 Å². The summed E-state index contributed by atoms with van der Waals surface area (Å²) in [7, 11) is 3.46. The van der Waals surface area contributed by atoms with Crippen molar-refractivity contribution in [2.45, 2.75) is 30.8 Å². The Hall–Kier alpha value is -3.79. The van der Waals surface area contributed by atoms with Crippen LogP contribution in [0, 0.1) is 11.8 Å². The van der Waals surface area contributed by atoms with Gasteiger partial charge < -0.3 is 14.7 Å². The van der Waals surface area contributed by atoms with Crippen LogP contribution in [0.3, 0.4) is 0 Å². The summed E-state index contributed by atoms with van der Waals surface area (Å²) in [4.78, 5) is 19.6. The van der Waals surface area contributed by atoms with E-state index in [2.05, 4.69) is 41.0 Å². The van der Waals surface area contributed by atoms with Gasteiger partial charge in [-0.05, 0) is 73.5 Å². The van der Waals surface area contributed by atoms with E-state index in [0.717, 1.165) is 48.5 Å². The second-order valence-corrected chi connectivity index (χ2v) is 10.0. The summed E-state index contributed by atoms with van der Waals surface area (Å²) in [6.45, 7) is 2.42. The number of fused-ring (bicyclic) bond motifs is 1. The predicted molar refractivity (Wildman–Crippen MR) is 151 cm³/mol. The summed E-state index contributed by atoms with van der Waals surface area (Å²) in [6, 6.07) is 26.1. The van der Waals surface area contributed by atoms with Crippen LogP contribution in [0.25, 0.3) is 0 Å². The molecule has 3 atom stereocenters. The number of benzene rings is 3. The number of anilines is 1. The Bertz CT molecular complexity index is 1280. The van der Waals surface area contributed by atoms with E-state index in [1.54, 1.807) is 12.0 Å². The highest BCUT2D eigenvalue weighted by molar-refractivity contribution is 5.91. The topological polar surface area (TPSA) is 56.2 Å². The van der Waals surface area contributed by atoms with E-state index in [-0.39, 0.29) is 30.6 Å². The Labute approximate surface area is 225 Å². The van der Waals surface area contributed by atoms with Gasteiger partial charge in [0.15, 0.2) is 0 Å². The highest BCUT2D eigenvalue weighted by Crippen LogP contribution is 2.42. The molecule has 2 aliphatic rings. The van der Waals surface area contributed by atoms with Crippen LogP contribution in [0.4, 0.5) is 10.5 Å². The summed E-state index contributed by atoms with van der Waals surface area (Å²) in [5.41, 5.74) is 3.97. The number of amides is 2. The normalized spacial score (nSPS) is 21.1. The van der Waals surface area contributed by atoms with Crippen molar-refractivity contribution in [1.82, 2.24) is 9.80 Å². The second kappa shape index (κ2) is 11.7. The Morgan fingerprint density at radius 3 is 2.26 bits per heavy atom. The maximum absolute atomic E-state index is 13.6. The lowest BCUT2D eigenvalue weighted by Crippen LogP contribution is -2.68. The number of hydrogen-bond donors (Lipinski definition) is 1. The van der Waals surface area contributed by atoms with Crippen LogP contribution >= 0.6 is 0 Å². The Kier molecular flexibility index (Phi) is 7.97. The van der Waals surface area contributed by atoms with Crippen LogP contribution in [0.15, 0.2) is 78.9 Å². The van der Waals surface area contributed by atoms with Gasteiger partial charge in [-0.1, -0.05) is 42.2 Å². The van der Waals surface area contributed by atoms with Gasteiger partial charge in [-0.15, -0.1) is 0 Å². The maximum atomic E-state index is 13.6. The van der Waals surface area contributed by atoms with E-state index < -0.39 is 0 Å². The first kappa shape index (κ1) is 25.8. The summed E-state index contributed by atoms with van der Waals surface area (Å²) in [5, 5.41) is 10.3. The highest BCUT2D eigenvalue weighted by atomic mass is 16.5. The molecule has 3 aromatic carbocycles. The summed E-state index contributed by atoms with van der Waals surface area (Å²) in [5.74, 6) is 7.38. The van der Waals surface area contributed by atoms with Crippen LogP contribution in [-0.4, -0.2) is 73.4 Å². The molecule has 2 aliphatic heterocycles. The van der Waals surface area contributed by atoms with Gasteiger partial charge in [0.25, 0.3) is 0 Å². The fourth-order valence-corrected chi connectivity index (χ4v) is 5.70. The first-order valence-electron chi connectivity index (χ1n) is 13.3. The molecule has 2 heterocycles. The predicted octanol–water partition coefficient (Wildman–Crippen LogP) is 4.58. The number of nitrogens with zero attached hydrogens (tertiary/aromatic N) is 3. The van der Waals surface area contributed by atoms with E-state index in [1.165, 1.54) is 5.56 Å². The maximum Gasteiger partial charge on any atom is 0.324 e. The van der Waals surface area contributed by atoms with Gasteiger partial charge in [0.05, 0.1) is 13.7 Å². The van der Waals surface area contributed by atoms with Crippen molar-refractivity contribution in [3.8, 4) is 17.6 Å². The minimum Gasteiger partial charge on any atom is -0.497 e. The molecule has 3 aromatic rings. The SMILES string of the molecule is COc1ccc(N(C)C(=O)N2CCCCN3[C@H](CO)[C@H](c4ccc(C#Cc5ccccc5)cc4)[C@@H]3C2)cc1. The van der Waals surface area contributed by atoms with Gasteiger partial charge in [-0.2, -0.15) is 0 Å². The number of carbonyl (C=O) groups is 1. The smallest absolute Gasteiger partial charge is 0.324 e. The molecule has 2 amide bonds. The first-order chi connectivity index (χ1) is 18.6. The number of hydrogen-bond acceptors (Lipinski definition) is 4. The molecule has 0 bridgehead atoms. The van der Waals surface area contributed by atoms with Crippen LogP contribution in [-0.2, 0) is 0 Å². The average Bonchev–Trinajstić information content (AvgIpc) is 2.95. The lowest BCUT2D eigenvalue weighted by atomic mass is 9.74. The van der Waals surface area contributed by atoms with Crippen LogP contribution in [0.5, 0.6) is 5.75 Å². The average molecular weight is 510 g/mol. The molecule has 1 N–H and O–H groups in total. The number of carbonyl (C=O) groups excluding carboxylic acids is 1. The minimum atomic E-state index is -0.00486. The number of aliphatic hydroxyl groups excluding tert-OH is 1. The number of rotatable bonds is 4. The van der Waals surface area contributed by atoms with E-state index in [4.69, 9.17) is 4.74 Å². The molecule has 5 rings (SSSR count). The Balaban J connectivity index is 1.32. The molecule has 0 unspecified atom stereocenters. The van der Waals surface area contributed by atoms with E-state index in [9.17, 15) is 9.90 Å². The first-order valence-corrected chi connectivity index (χ1v) is 13.3. The largest absolute Gasteiger partial charge is 0.497 e. The molecule has 0 aromatic heterocycles. The standard InChI is InChI=1S/C32H35N3O3/c1-33(27-16-18-28(38-2)19-17-27)32(37)34-20-6-7-21-35-29(22-34)31(30(35)23-36)26-14-12-25(13-15-26)11-10-24-8-4-3-5-9-24/h3-5,8-9,12-19,29-31,36H,6-7,20-23H2,1-2H3/t29-,30+,31+/m0/s1. The molecule has 196 valence electrons. The van der Waals surface area contributed by atoms with Crippen molar-refractivity contribution >= 4 is 11.7 Å². The third kappa shape index (κ3) is 5.40. The molecule has 0 spiro atoms. The Morgan fingerprint density at radius 1 is 0.947 bits per heavy atom. The van der Waals surface area contributed by atoms with Gasteiger partial charge >= 0.3 is 6.03 Å². The highest BCUT2D eigenvalue weighted by Gasteiger charge is 2.49. The van der Waals surface area contributed by atoms with Gasteiger partial charge in [-0.3, -0.25) is 9.80 Å². The third-order valence-electron chi connectivity index (χ3n) is 7.81. The van der Waals surface area contributed by atoms with Crippen LogP contribution in [0.1, 0.15) is 35.4 Å². The van der Waals surface area contributed by atoms with Crippen molar-refractivity contribution in [1.29, 1.82) is 0 Å². The quantitative estimate of drug-likeness (QED) is 0.524. The molecule has 2 saturated heterocycles. The molecular weight excluding hydrogens is 474 g/mol. The van der Waals surface area contributed by atoms with Gasteiger partial charge in [-0.25, -0.2) is 4.79 Å². The van der Waals surface area contributed by atoms with E-state index in [0.29, 0.717) is 6.54 Å². The molecule has 0 radical (unpaired) electrons. The van der Waals surface area contributed by atoms with E-state index in [1.807, 2.05) is 66.5 Å². The fraction of sp³-hybridized carbons (Fsp3) is 0.344. The van der Waals surface area contributed by atoms with Crippen molar-refractivity contribution in [3.63, 3.8) is 0 Å². The zero-order chi connectivity index (χ0) is 26.5. The molecule has 0 saturated carbocycles. The number of methoxy groups -OCH3 is 1. The molecule has 6 heteroatoms. The van der Waals surface area contributed by atoms with Gasteiger partial charge in [0.1, 0.15) is 5.75 Å². The van der Waals surface area contributed by atoms with Crippen molar-refractivity contribution < 1.29 is 14.6 Å². The lowest BCUT2D eigenvalue weighted by molar-refractivity contribution is -0.0587. The lowest BCUT2D eigenvalue weighted by Gasteiger charge is -2.57. The zero-order valence-electron chi connectivity index (χ0n) is 22.1. The summed E-state index contributed by atoms with van der Waals surface area (Å²) < 4.78 is 5.26. The molecule has 2 fully saturated rings. The number of ether oxygens (including phenoxy) is 1. The van der Waals surface area contributed by atoms with Gasteiger partial charge in [0.2, 0.25) is 0 Å². The minimum absolute atomic E-state index is 0.00486. The summed E-state index contributed by atoms with van der Waals surface area (Å²) in [6.07, 6.45) is 1.95. The molecule has 6 nitrogen and oxygen atoms in total. The summed E-state index contributed by atoms with van der Waals surface area (Å²) >= 11 is 0. The van der Waals surface area contributed by atoms with Crippen molar-refractivity contribution in [3.05, 3.63) is 95.6 Å². The Morgan fingerprint density at radius 2 is 1.61 bits per heavy atom. The van der Waals surface area contributed by atoms with E-state index >= 15 is 0 Å².